The smallest absolute Gasteiger partial charge is 0.0544 e. The second-order valence-corrected chi connectivity index (χ2v) is 18.5. The van der Waals surface area contributed by atoms with Gasteiger partial charge in [0.15, 0.2) is 0 Å². The summed E-state index contributed by atoms with van der Waals surface area (Å²) < 4.78 is 2.50. The van der Waals surface area contributed by atoms with Crippen LogP contribution in [0.1, 0.15) is 73.9 Å². The predicted octanol–water partition coefficient (Wildman–Crippen LogP) is 16.3. The van der Waals surface area contributed by atoms with Gasteiger partial charge in [-0.2, -0.15) is 0 Å². The van der Waals surface area contributed by atoms with Crippen LogP contribution in [0, 0.1) is 5.92 Å². The quantitative estimate of drug-likeness (QED) is 0.183. The van der Waals surface area contributed by atoms with Gasteiger partial charge in [0.05, 0.1) is 11.2 Å². The third-order valence-corrected chi connectivity index (χ3v) is 14.3. The van der Waals surface area contributed by atoms with Crippen LogP contribution in [-0.4, -0.2) is 4.57 Å². The predicted molar refractivity (Wildman–Crippen MR) is 268 cm³/mol. The van der Waals surface area contributed by atoms with Crippen molar-refractivity contribution in [1.29, 1.82) is 0 Å². The molecule has 0 fully saturated rings. The van der Waals surface area contributed by atoms with Crippen LogP contribution in [0.25, 0.3) is 78.0 Å². The molecule has 304 valence electrons. The van der Waals surface area contributed by atoms with Gasteiger partial charge in [0.25, 0.3) is 0 Å². The highest BCUT2D eigenvalue weighted by Crippen LogP contribution is 2.50. The highest BCUT2D eigenvalue weighted by Gasteiger charge is 2.29. The van der Waals surface area contributed by atoms with Gasteiger partial charge in [0.1, 0.15) is 0 Å². The molecule has 2 heterocycles. The minimum absolute atomic E-state index is 0.0571. The maximum absolute atomic E-state index is 4.04. The maximum atomic E-state index is 4.04. The Morgan fingerprint density at radius 3 is 2.08 bits per heavy atom. The number of rotatable bonds is 5. The van der Waals surface area contributed by atoms with Crippen molar-refractivity contribution in [3.63, 3.8) is 0 Å². The zero-order valence-corrected chi connectivity index (χ0v) is 36.2. The molecule has 7 aromatic carbocycles. The second-order valence-electron chi connectivity index (χ2n) is 18.5. The van der Waals surface area contributed by atoms with Gasteiger partial charge in [0.2, 0.25) is 0 Å². The molecule has 1 aromatic heterocycles. The van der Waals surface area contributed by atoms with E-state index in [9.17, 15) is 0 Å². The number of hydrogen-bond donors (Lipinski definition) is 1. The number of nitrogens with one attached hydrogen (secondary N) is 1. The van der Waals surface area contributed by atoms with Crippen LogP contribution in [0.4, 0.5) is 5.69 Å². The highest BCUT2D eigenvalue weighted by molar-refractivity contribution is 6.05. The van der Waals surface area contributed by atoms with Crippen LogP contribution in [0.5, 0.6) is 0 Å². The van der Waals surface area contributed by atoms with Crippen LogP contribution >= 0.6 is 0 Å². The van der Waals surface area contributed by atoms with Gasteiger partial charge >= 0.3 is 0 Å². The molecule has 1 aliphatic heterocycles. The van der Waals surface area contributed by atoms with Crippen LogP contribution in [0.3, 0.4) is 0 Å². The van der Waals surface area contributed by atoms with E-state index in [1.165, 1.54) is 111 Å². The molecule has 2 nitrogen and oxygen atoms in total. The highest BCUT2D eigenvalue weighted by atomic mass is 15.0. The van der Waals surface area contributed by atoms with Crippen molar-refractivity contribution in [2.45, 2.75) is 51.4 Å². The third kappa shape index (κ3) is 6.30. The summed E-state index contributed by atoms with van der Waals surface area (Å²) in [6, 6.07) is 56.8. The average molecular weight is 811 g/mol. The van der Waals surface area contributed by atoms with Gasteiger partial charge < -0.3 is 9.88 Å². The van der Waals surface area contributed by atoms with Crippen molar-refractivity contribution in [2.24, 2.45) is 5.92 Å². The Kier molecular flexibility index (Phi) is 8.80. The van der Waals surface area contributed by atoms with Crippen molar-refractivity contribution >= 4 is 44.6 Å². The van der Waals surface area contributed by atoms with Gasteiger partial charge in [-0.3, -0.25) is 0 Å². The number of aromatic nitrogens is 1. The largest absolute Gasteiger partial charge is 0.354 e. The first-order valence-corrected chi connectivity index (χ1v) is 22.7. The number of fused-ring (bicyclic) bond motifs is 8. The molecule has 2 heteroatoms. The minimum Gasteiger partial charge on any atom is -0.354 e. The molecule has 0 saturated heterocycles. The topological polar surface area (TPSA) is 17.0 Å². The van der Waals surface area contributed by atoms with Crippen LogP contribution in [0.2, 0.25) is 0 Å². The van der Waals surface area contributed by atoms with E-state index in [-0.39, 0.29) is 5.41 Å². The molecule has 4 aliphatic rings. The summed E-state index contributed by atoms with van der Waals surface area (Å²) >= 11 is 0. The monoisotopic (exact) mass is 810 g/mol. The summed E-state index contributed by atoms with van der Waals surface area (Å²) in [5.74, 6) is 0.878. The molecule has 8 aromatic rings. The normalized spacial score (nSPS) is 19.8. The summed E-state index contributed by atoms with van der Waals surface area (Å²) in [5, 5.41) is 7.91. The average Bonchev–Trinajstić information content (AvgIpc) is 3.60. The van der Waals surface area contributed by atoms with Crippen molar-refractivity contribution in [3.8, 4) is 39.1 Å². The lowest BCUT2D eigenvalue weighted by Gasteiger charge is -2.29. The standard InChI is InChI=1S/C61H50N2/c1-39-21-27-56-53(33-39)51-34-44-18-10-11-19-45(44)35-52(51)54-38-47(37-50(60(54)62-56)43-16-8-5-9-17-43)46-22-28-57-55(36-46)59-40(2)13-12-20-58(59)63(57)49-25-23-48(24-26-49)61(3)31-29-42(30-32-61)41-14-6-4-7-15-41/h4-12,14-31,34-40,62H,13,32-33H2,1-3H3. The molecule has 0 bridgehead atoms. The molecule has 3 unspecified atom stereocenters. The van der Waals surface area contributed by atoms with E-state index in [1.807, 2.05) is 0 Å². The lowest BCUT2D eigenvalue weighted by molar-refractivity contribution is 0.601. The molecule has 3 atom stereocenters. The molecular weight excluding hydrogens is 761 g/mol. The number of hydrogen-bond acceptors (Lipinski definition) is 1. The first-order chi connectivity index (χ1) is 30.9. The Labute approximate surface area is 371 Å². The van der Waals surface area contributed by atoms with E-state index in [4.69, 9.17) is 0 Å². The minimum atomic E-state index is -0.0571. The fourth-order valence-corrected chi connectivity index (χ4v) is 10.8. The molecule has 0 saturated carbocycles. The second kappa shape index (κ2) is 14.7. The Hall–Kier alpha value is -7.16. The summed E-state index contributed by atoms with van der Waals surface area (Å²) in [4.78, 5) is 0. The first-order valence-electron chi connectivity index (χ1n) is 22.7. The van der Waals surface area contributed by atoms with E-state index in [2.05, 4.69) is 225 Å². The lowest BCUT2D eigenvalue weighted by atomic mass is 9.75. The fraction of sp³-hybridized carbons (Fsp3) is 0.148. The Balaban J connectivity index is 0.994. The van der Waals surface area contributed by atoms with Crippen LogP contribution < -0.4 is 5.32 Å². The molecule has 0 amide bonds. The van der Waals surface area contributed by atoms with E-state index in [0.29, 0.717) is 11.8 Å². The molecule has 1 N–H and O–H groups in total. The van der Waals surface area contributed by atoms with Gasteiger partial charge in [-0.25, -0.2) is 0 Å². The maximum Gasteiger partial charge on any atom is 0.0544 e. The lowest BCUT2D eigenvalue weighted by Crippen LogP contribution is -2.20. The van der Waals surface area contributed by atoms with Crippen LogP contribution in [0.15, 0.2) is 194 Å². The van der Waals surface area contributed by atoms with Crippen molar-refractivity contribution in [2.75, 3.05) is 5.32 Å². The number of anilines is 1. The SMILES string of the molecule is CC1C=CC2=C(C1)c1cc3ccccc3cc1-c1cc(-c3ccc4c(c3)c3c(n4-c4ccc(C5(C)C=CC(c6ccccc6)=CC5)cc4)C=CCC3C)cc(-c3ccccc3)c1N2. The molecule has 12 rings (SSSR count). The molecular formula is C61H50N2. The van der Waals surface area contributed by atoms with Gasteiger partial charge in [0, 0.05) is 39.0 Å². The summed E-state index contributed by atoms with van der Waals surface area (Å²) in [5.41, 5.74) is 21.6. The Morgan fingerprint density at radius 2 is 1.33 bits per heavy atom. The summed E-state index contributed by atoms with van der Waals surface area (Å²) in [7, 11) is 0. The zero-order chi connectivity index (χ0) is 42.2. The van der Waals surface area contributed by atoms with Crippen molar-refractivity contribution < 1.29 is 0 Å². The van der Waals surface area contributed by atoms with E-state index in [1.54, 1.807) is 0 Å². The molecule has 63 heavy (non-hydrogen) atoms. The van der Waals surface area contributed by atoms with Crippen molar-refractivity contribution in [3.05, 3.63) is 222 Å². The van der Waals surface area contributed by atoms with E-state index >= 15 is 0 Å². The van der Waals surface area contributed by atoms with E-state index < -0.39 is 0 Å². The number of benzene rings is 7. The van der Waals surface area contributed by atoms with E-state index in [0.717, 1.165) is 19.3 Å². The van der Waals surface area contributed by atoms with Crippen molar-refractivity contribution in [1.82, 2.24) is 4.57 Å². The number of nitrogens with zero attached hydrogens (tertiary/aromatic N) is 1. The fourth-order valence-electron chi connectivity index (χ4n) is 10.8. The molecule has 0 spiro atoms. The molecule has 3 aliphatic carbocycles. The zero-order valence-electron chi connectivity index (χ0n) is 36.2. The molecule has 0 radical (unpaired) electrons. The van der Waals surface area contributed by atoms with Gasteiger partial charge in [-0.15, -0.1) is 0 Å². The Morgan fingerprint density at radius 1 is 0.619 bits per heavy atom. The van der Waals surface area contributed by atoms with Gasteiger partial charge in [-0.1, -0.05) is 154 Å². The Bertz CT molecular complexity index is 3300. The van der Waals surface area contributed by atoms with Gasteiger partial charge in [-0.05, 0) is 158 Å². The first kappa shape index (κ1) is 37.6. The summed E-state index contributed by atoms with van der Waals surface area (Å²) in [6.07, 6.45) is 19.5. The van der Waals surface area contributed by atoms with Crippen LogP contribution in [-0.2, 0) is 5.41 Å². The number of allylic oxidation sites excluding steroid dienone is 8. The summed E-state index contributed by atoms with van der Waals surface area (Å²) in [6.45, 7) is 7.08. The third-order valence-electron chi connectivity index (χ3n) is 14.3.